The summed E-state index contributed by atoms with van der Waals surface area (Å²) in [7, 11) is -1.01. The lowest BCUT2D eigenvalue weighted by Gasteiger charge is -2.20. The molecule has 1 N–H and O–H groups in total. The standard InChI is InChI=1S/C16H25NO3S/c1-3-5-13(17-8-4-2)12-21(18)14-6-7-15-16(11-14)20-10-9-19-15/h6-7,11,13,17H,3-5,8-10,12H2,1-2H3. The number of nitrogens with one attached hydrogen (secondary N) is 1. The molecule has 1 aromatic rings. The highest BCUT2D eigenvalue weighted by Crippen LogP contribution is 2.31. The summed E-state index contributed by atoms with van der Waals surface area (Å²) in [6, 6.07) is 5.90. The topological polar surface area (TPSA) is 47.6 Å². The van der Waals surface area contributed by atoms with E-state index in [1.54, 1.807) is 0 Å². The van der Waals surface area contributed by atoms with Crippen molar-refractivity contribution in [3.8, 4) is 11.5 Å². The van der Waals surface area contributed by atoms with Gasteiger partial charge in [-0.1, -0.05) is 20.3 Å². The number of hydrogen-bond donors (Lipinski definition) is 1. The van der Waals surface area contributed by atoms with Crippen LogP contribution in [0.2, 0.25) is 0 Å². The second-order valence-corrected chi connectivity index (χ2v) is 6.75. The molecular weight excluding hydrogens is 286 g/mol. The molecule has 0 fully saturated rings. The van der Waals surface area contributed by atoms with Crippen molar-refractivity contribution >= 4 is 10.8 Å². The lowest BCUT2D eigenvalue weighted by Crippen LogP contribution is -2.34. The molecule has 1 heterocycles. The minimum atomic E-state index is -1.01. The fourth-order valence-corrected chi connectivity index (χ4v) is 3.69. The first-order valence-electron chi connectivity index (χ1n) is 7.76. The van der Waals surface area contributed by atoms with E-state index in [1.165, 1.54) is 0 Å². The maximum atomic E-state index is 12.6. The van der Waals surface area contributed by atoms with Gasteiger partial charge in [-0.25, -0.2) is 0 Å². The molecule has 0 saturated heterocycles. The summed E-state index contributed by atoms with van der Waals surface area (Å²) in [4.78, 5) is 0.818. The fourth-order valence-electron chi connectivity index (χ4n) is 2.39. The van der Waals surface area contributed by atoms with Crippen LogP contribution in [0, 0.1) is 0 Å². The van der Waals surface area contributed by atoms with Gasteiger partial charge in [-0.15, -0.1) is 0 Å². The average Bonchev–Trinajstić information content (AvgIpc) is 2.52. The predicted octanol–water partition coefficient (Wildman–Crippen LogP) is 2.73. The number of fused-ring (bicyclic) bond motifs is 1. The third-order valence-electron chi connectivity index (χ3n) is 3.45. The van der Waals surface area contributed by atoms with Gasteiger partial charge in [0.25, 0.3) is 0 Å². The first kappa shape index (κ1) is 16.3. The van der Waals surface area contributed by atoms with E-state index < -0.39 is 10.8 Å². The molecule has 1 aliphatic heterocycles. The zero-order valence-corrected chi connectivity index (χ0v) is 13.7. The van der Waals surface area contributed by atoms with Crippen LogP contribution < -0.4 is 14.8 Å². The molecule has 0 radical (unpaired) electrons. The molecule has 2 unspecified atom stereocenters. The Hall–Kier alpha value is -1.07. The van der Waals surface area contributed by atoms with Gasteiger partial charge in [-0.3, -0.25) is 4.21 Å². The molecule has 2 rings (SSSR count). The molecule has 1 aliphatic rings. The van der Waals surface area contributed by atoms with Crippen LogP contribution in [-0.2, 0) is 10.8 Å². The molecule has 0 aromatic heterocycles. The van der Waals surface area contributed by atoms with E-state index in [-0.39, 0.29) is 0 Å². The molecule has 0 aliphatic carbocycles. The van der Waals surface area contributed by atoms with Gasteiger partial charge in [-0.2, -0.15) is 0 Å². The number of hydrogen-bond acceptors (Lipinski definition) is 4. The lowest BCUT2D eigenvalue weighted by molar-refractivity contribution is 0.171. The number of rotatable bonds is 8. The van der Waals surface area contributed by atoms with Crippen LogP contribution >= 0.6 is 0 Å². The molecule has 118 valence electrons. The second-order valence-electron chi connectivity index (χ2n) is 5.26. The maximum absolute atomic E-state index is 12.6. The predicted molar refractivity (Wildman–Crippen MR) is 85.7 cm³/mol. The van der Waals surface area contributed by atoms with E-state index in [0.29, 0.717) is 30.8 Å². The minimum Gasteiger partial charge on any atom is -0.486 e. The van der Waals surface area contributed by atoms with Crippen molar-refractivity contribution in [3.05, 3.63) is 18.2 Å². The Kier molecular flexibility index (Phi) is 6.51. The van der Waals surface area contributed by atoms with E-state index in [2.05, 4.69) is 19.2 Å². The van der Waals surface area contributed by atoms with E-state index in [1.807, 2.05) is 18.2 Å². The molecule has 4 nitrogen and oxygen atoms in total. The van der Waals surface area contributed by atoms with E-state index in [9.17, 15) is 4.21 Å². The maximum Gasteiger partial charge on any atom is 0.162 e. The van der Waals surface area contributed by atoms with Gasteiger partial charge in [0.2, 0.25) is 0 Å². The summed E-state index contributed by atoms with van der Waals surface area (Å²) in [5, 5.41) is 3.48. The highest BCUT2D eigenvalue weighted by molar-refractivity contribution is 7.85. The fraction of sp³-hybridized carbons (Fsp3) is 0.625. The van der Waals surface area contributed by atoms with Crippen molar-refractivity contribution in [3.63, 3.8) is 0 Å². The number of ether oxygens (including phenoxy) is 2. The Balaban J connectivity index is 2.01. The van der Waals surface area contributed by atoms with Crippen LogP contribution in [0.3, 0.4) is 0 Å². The Morgan fingerprint density at radius 2 is 1.95 bits per heavy atom. The number of benzene rings is 1. The van der Waals surface area contributed by atoms with Crippen LogP contribution in [0.1, 0.15) is 33.1 Å². The molecule has 1 aromatic carbocycles. The summed E-state index contributed by atoms with van der Waals surface area (Å²) in [6.07, 6.45) is 3.24. The Bertz CT molecular complexity index is 479. The largest absolute Gasteiger partial charge is 0.486 e. The summed E-state index contributed by atoms with van der Waals surface area (Å²) in [5.74, 6) is 2.10. The average molecular weight is 311 g/mol. The van der Waals surface area contributed by atoms with Gasteiger partial charge in [0.1, 0.15) is 13.2 Å². The van der Waals surface area contributed by atoms with Gasteiger partial charge in [0, 0.05) is 22.8 Å². The third-order valence-corrected chi connectivity index (χ3v) is 4.93. The summed E-state index contributed by atoms with van der Waals surface area (Å²) < 4.78 is 23.6. The van der Waals surface area contributed by atoms with E-state index in [0.717, 1.165) is 36.5 Å². The summed E-state index contributed by atoms with van der Waals surface area (Å²) in [6.45, 7) is 6.42. The molecule has 0 saturated carbocycles. The molecule has 0 spiro atoms. The van der Waals surface area contributed by atoms with Crippen LogP contribution in [0.15, 0.2) is 23.1 Å². The quantitative estimate of drug-likeness (QED) is 0.802. The van der Waals surface area contributed by atoms with E-state index >= 15 is 0 Å². The smallest absolute Gasteiger partial charge is 0.162 e. The van der Waals surface area contributed by atoms with Crippen molar-refractivity contribution in [1.29, 1.82) is 0 Å². The zero-order chi connectivity index (χ0) is 15.1. The van der Waals surface area contributed by atoms with Gasteiger partial charge < -0.3 is 14.8 Å². The van der Waals surface area contributed by atoms with Crippen molar-refractivity contribution < 1.29 is 13.7 Å². The molecule has 0 bridgehead atoms. The van der Waals surface area contributed by atoms with Crippen LogP contribution in [0.25, 0.3) is 0 Å². The van der Waals surface area contributed by atoms with Crippen LogP contribution in [0.4, 0.5) is 0 Å². The minimum absolute atomic E-state index is 0.309. The summed E-state index contributed by atoms with van der Waals surface area (Å²) >= 11 is 0. The van der Waals surface area contributed by atoms with Gasteiger partial charge in [-0.05, 0) is 31.5 Å². The Labute approximate surface area is 129 Å². The lowest BCUT2D eigenvalue weighted by atomic mass is 10.2. The Morgan fingerprint density at radius 1 is 1.19 bits per heavy atom. The SMILES string of the molecule is CCCNC(CCC)CS(=O)c1ccc2c(c1)OCCO2. The highest BCUT2D eigenvalue weighted by Gasteiger charge is 2.17. The molecule has 5 heteroatoms. The molecular formula is C16H25NO3S. The third kappa shape index (κ3) is 4.71. The monoisotopic (exact) mass is 311 g/mol. The van der Waals surface area contributed by atoms with Crippen molar-refractivity contribution in [2.75, 3.05) is 25.5 Å². The first-order valence-corrected chi connectivity index (χ1v) is 9.07. The second kappa shape index (κ2) is 8.39. The zero-order valence-electron chi connectivity index (χ0n) is 12.9. The van der Waals surface area contributed by atoms with Crippen LogP contribution in [0.5, 0.6) is 11.5 Å². The van der Waals surface area contributed by atoms with Crippen molar-refractivity contribution in [2.45, 2.75) is 44.0 Å². The Morgan fingerprint density at radius 3 is 2.67 bits per heavy atom. The van der Waals surface area contributed by atoms with E-state index in [4.69, 9.17) is 9.47 Å². The van der Waals surface area contributed by atoms with Crippen molar-refractivity contribution in [1.82, 2.24) is 5.32 Å². The molecule has 2 atom stereocenters. The van der Waals surface area contributed by atoms with Crippen LogP contribution in [-0.4, -0.2) is 35.8 Å². The van der Waals surface area contributed by atoms with Gasteiger partial charge in [0.15, 0.2) is 11.5 Å². The molecule has 0 amide bonds. The van der Waals surface area contributed by atoms with Crippen molar-refractivity contribution in [2.24, 2.45) is 0 Å². The highest BCUT2D eigenvalue weighted by atomic mass is 32.2. The van der Waals surface area contributed by atoms with Gasteiger partial charge >= 0.3 is 0 Å². The van der Waals surface area contributed by atoms with Gasteiger partial charge in [0.05, 0.1) is 10.8 Å². The normalized spacial score (nSPS) is 16.5. The summed E-state index contributed by atoms with van der Waals surface area (Å²) in [5.41, 5.74) is 0. The molecule has 21 heavy (non-hydrogen) atoms. The first-order chi connectivity index (χ1) is 10.2.